The van der Waals surface area contributed by atoms with Crippen LogP contribution >= 0.6 is 31.9 Å². The second-order valence-electron chi connectivity index (χ2n) is 7.15. The maximum absolute atomic E-state index is 12.7. The first-order chi connectivity index (χ1) is 14.3. The number of hydrogen-bond donors (Lipinski definition) is 1. The Labute approximate surface area is 193 Å². The summed E-state index contributed by atoms with van der Waals surface area (Å²) in [5.41, 5.74) is 6.20. The van der Waals surface area contributed by atoms with Crippen LogP contribution in [0, 0.1) is 25.2 Å². The molecule has 0 heterocycles. The number of carbonyl (C=O) groups is 1. The number of rotatable bonds is 5. The molecular weight excluding hydrogens is 504 g/mol. The lowest BCUT2D eigenvalue weighted by Crippen LogP contribution is -2.13. The summed E-state index contributed by atoms with van der Waals surface area (Å²) < 4.78 is 1.81. The molecule has 0 bridgehead atoms. The van der Waals surface area contributed by atoms with Crippen molar-refractivity contribution in [1.82, 2.24) is 0 Å². The molecule has 3 aromatic carbocycles. The molecule has 0 spiro atoms. The molecule has 0 saturated heterocycles. The van der Waals surface area contributed by atoms with Crippen LogP contribution in [0.4, 0.5) is 5.69 Å². The smallest absolute Gasteiger partial charge is 0.266 e. The maximum Gasteiger partial charge on any atom is 0.266 e. The van der Waals surface area contributed by atoms with Gasteiger partial charge in [0.25, 0.3) is 5.91 Å². The van der Waals surface area contributed by atoms with Gasteiger partial charge in [-0.05, 0) is 79.4 Å². The van der Waals surface area contributed by atoms with E-state index in [1.54, 1.807) is 18.2 Å². The largest absolute Gasteiger partial charge is 0.321 e. The maximum atomic E-state index is 12.7. The fourth-order valence-electron chi connectivity index (χ4n) is 3.29. The summed E-state index contributed by atoms with van der Waals surface area (Å²) in [6.45, 7) is 4.16. The summed E-state index contributed by atoms with van der Waals surface area (Å²) in [5, 5.41) is 12.4. The quantitative estimate of drug-likeness (QED) is 0.290. The normalized spacial score (nSPS) is 11.1. The summed E-state index contributed by atoms with van der Waals surface area (Å²) in [6, 6.07) is 21.7. The number of hydrogen-bond acceptors (Lipinski definition) is 2. The zero-order valence-electron chi connectivity index (χ0n) is 16.7. The van der Waals surface area contributed by atoms with E-state index < -0.39 is 5.91 Å². The van der Waals surface area contributed by atoms with Gasteiger partial charge in [-0.1, -0.05) is 67.3 Å². The van der Waals surface area contributed by atoms with Crippen molar-refractivity contribution in [2.24, 2.45) is 0 Å². The molecule has 0 radical (unpaired) electrons. The molecule has 30 heavy (non-hydrogen) atoms. The number of amides is 1. The predicted octanol–water partition coefficient (Wildman–Crippen LogP) is 6.96. The van der Waals surface area contributed by atoms with Gasteiger partial charge in [-0.25, -0.2) is 0 Å². The van der Waals surface area contributed by atoms with Gasteiger partial charge in [0.1, 0.15) is 11.6 Å². The van der Waals surface area contributed by atoms with Crippen LogP contribution in [0.1, 0.15) is 27.8 Å². The first-order valence-electron chi connectivity index (χ1n) is 9.38. The van der Waals surface area contributed by atoms with Crippen LogP contribution in [0.3, 0.4) is 0 Å². The predicted molar refractivity (Wildman–Crippen MR) is 129 cm³/mol. The van der Waals surface area contributed by atoms with Crippen molar-refractivity contribution >= 4 is 49.5 Å². The average molecular weight is 524 g/mol. The summed E-state index contributed by atoms with van der Waals surface area (Å²) in [6.07, 6.45) is 2.37. The number of nitrogens with one attached hydrogen (secondary N) is 1. The molecule has 0 aliphatic heterocycles. The van der Waals surface area contributed by atoms with Crippen LogP contribution in [0.25, 0.3) is 6.08 Å². The molecule has 3 nitrogen and oxygen atoms in total. The molecule has 3 aromatic rings. The highest BCUT2D eigenvalue weighted by atomic mass is 79.9. The van der Waals surface area contributed by atoms with Gasteiger partial charge >= 0.3 is 0 Å². The number of aryl methyl sites for hydroxylation is 2. The number of halogens is 2. The van der Waals surface area contributed by atoms with Gasteiger partial charge in [0.05, 0.1) is 0 Å². The Bertz CT molecular complexity index is 1140. The molecule has 0 aliphatic carbocycles. The van der Waals surface area contributed by atoms with Crippen molar-refractivity contribution in [2.45, 2.75) is 20.3 Å². The molecular formula is C25H20Br2N2O. The summed E-state index contributed by atoms with van der Waals surface area (Å²) in [5.74, 6) is -0.433. The zero-order chi connectivity index (χ0) is 21.7. The summed E-state index contributed by atoms with van der Waals surface area (Å²) in [4.78, 5) is 12.7. The third-order valence-corrected chi connectivity index (χ3v) is 5.57. The molecule has 0 saturated carbocycles. The Hall–Kier alpha value is -2.68. The van der Waals surface area contributed by atoms with Crippen LogP contribution < -0.4 is 5.32 Å². The number of nitrogens with zero attached hydrogens (tertiary/aromatic N) is 1. The molecule has 3 rings (SSSR count). The van der Waals surface area contributed by atoms with Gasteiger partial charge in [0.15, 0.2) is 0 Å². The highest BCUT2D eigenvalue weighted by molar-refractivity contribution is 9.10. The zero-order valence-corrected chi connectivity index (χ0v) is 19.8. The summed E-state index contributed by atoms with van der Waals surface area (Å²) >= 11 is 6.87. The van der Waals surface area contributed by atoms with Gasteiger partial charge in [0, 0.05) is 14.6 Å². The van der Waals surface area contributed by atoms with E-state index in [9.17, 15) is 10.1 Å². The Morgan fingerprint density at radius 3 is 2.23 bits per heavy atom. The van der Waals surface area contributed by atoms with Crippen LogP contribution in [0.5, 0.6) is 0 Å². The van der Waals surface area contributed by atoms with Gasteiger partial charge in [-0.15, -0.1) is 0 Å². The molecule has 0 unspecified atom stereocenters. The molecule has 0 fully saturated rings. The van der Waals surface area contributed by atoms with E-state index in [1.807, 2.05) is 36.4 Å². The number of anilines is 1. The Kier molecular flexibility index (Phi) is 7.25. The van der Waals surface area contributed by atoms with E-state index >= 15 is 0 Å². The van der Waals surface area contributed by atoms with Crippen LogP contribution in [0.2, 0.25) is 0 Å². The van der Waals surface area contributed by atoms with Crippen LogP contribution in [-0.4, -0.2) is 5.91 Å². The Morgan fingerprint density at radius 1 is 0.967 bits per heavy atom. The van der Waals surface area contributed by atoms with E-state index in [0.717, 1.165) is 20.1 Å². The van der Waals surface area contributed by atoms with Gasteiger partial charge in [-0.3, -0.25) is 4.79 Å². The topological polar surface area (TPSA) is 52.9 Å². The second-order valence-corrected chi connectivity index (χ2v) is 8.98. The molecule has 0 aromatic heterocycles. The summed E-state index contributed by atoms with van der Waals surface area (Å²) in [7, 11) is 0. The van der Waals surface area contributed by atoms with E-state index in [-0.39, 0.29) is 5.57 Å². The first kappa shape index (κ1) is 22.0. The number of nitriles is 1. The third kappa shape index (κ3) is 5.91. The van der Waals surface area contributed by atoms with Crippen molar-refractivity contribution < 1.29 is 4.79 Å². The van der Waals surface area contributed by atoms with Crippen molar-refractivity contribution in [2.75, 3.05) is 5.32 Å². The standard InChI is InChI=1S/C25H20Br2N2O/c1-16-9-17(2)11-18(10-16)12-19-3-4-23(27)14-20(19)13-21(15-28)25(30)29-24-7-5-22(26)6-8-24/h3-11,13-14H,12H2,1-2H3,(H,29,30)/b21-13+. The van der Waals surface area contributed by atoms with E-state index in [1.165, 1.54) is 16.7 Å². The Morgan fingerprint density at radius 2 is 1.60 bits per heavy atom. The SMILES string of the molecule is Cc1cc(C)cc(Cc2ccc(Br)cc2/C=C(\C#N)C(=O)Nc2ccc(Br)cc2)c1. The fourth-order valence-corrected chi connectivity index (χ4v) is 3.93. The molecule has 0 atom stereocenters. The van der Waals surface area contributed by atoms with Crippen molar-refractivity contribution in [3.63, 3.8) is 0 Å². The van der Waals surface area contributed by atoms with Crippen LogP contribution in [0.15, 0.2) is 75.2 Å². The molecule has 1 N–H and O–H groups in total. The highest BCUT2D eigenvalue weighted by Crippen LogP contribution is 2.24. The minimum Gasteiger partial charge on any atom is -0.321 e. The lowest BCUT2D eigenvalue weighted by atomic mass is 9.96. The third-order valence-electron chi connectivity index (χ3n) is 4.55. The van der Waals surface area contributed by atoms with E-state index in [4.69, 9.17) is 0 Å². The lowest BCUT2D eigenvalue weighted by molar-refractivity contribution is -0.112. The Balaban J connectivity index is 1.91. The first-order valence-corrected chi connectivity index (χ1v) is 11.0. The van der Waals surface area contributed by atoms with Crippen LogP contribution in [-0.2, 0) is 11.2 Å². The average Bonchev–Trinajstić information content (AvgIpc) is 2.69. The lowest BCUT2D eigenvalue weighted by Gasteiger charge is -2.10. The molecule has 5 heteroatoms. The highest BCUT2D eigenvalue weighted by Gasteiger charge is 2.12. The minimum atomic E-state index is -0.433. The van der Waals surface area contributed by atoms with E-state index in [2.05, 4.69) is 69.2 Å². The van der Waals surface area contributed by atoms with Gasteiger partial charge in [0.2, 0.25) is 0 Å². The number of carbonyl (C=O) groups excluding carboxylic acids is 1. The van der Waals surface area contributed by atoms with Gasteiger partial charge < -0.3 is 5.32 Å². The van der Waals surface area contributed by atoms with E-state index in [0.29, 0.717) is 12.1 Å². The molecule has 1 amide bonds. The van der Waals surface area contributed by atoms with Crippen molar-refractivity contribution in [3.05, 3.63) is 103 Å². The fraction of sp³-hybridized carbons (Fsp3) is 0.120. The number of benzene rings is 3. The van der Waals surface area contributed by atoms with Crippen molar-refractivity contribution in [3.8, 4) is 6.07 Å². The molecule has 0 aliphatic rings. The molecule has 150 valence electrons. The van der Waals surface area contributed by atoms with Crippen molar-refractivity contribution in [1.29, 1.82) is 5.26 Å². The minimum absolute atomic E-state index is 0.0534. The monoisotopic (exact) mass is 522 g/mol. The second kappa shape index (κ2) is 9.88. The van der Waals surface area contributed by atoms with Gasteiger partial charge in [-0.2, -0.15) is 5.26 Å².